The number of carbonyl (C=O) groups excluding carboxylic acids is 1. The molecule has 1 aromatic carbocycles. The molecule has 2 heterocycles. The maximum absolute atomic E-state index is 12.5. The number of carboxylic acids is 1. The molecule has 1 aliphatic rings. The van der Waals surface area contributed by atoms with Crippen molar-refractivity contribution in [1.82, 2.24) is 14.7 Å². The van der Waals surface area contributed by atoms with E-state index in [4.69, 9.17) is 9.84 Å². The fourth-order valence-corrected chi connectivity index (χ4v) is 2.55. The van der Waals surface area contributed by atoms with E-state index in [1.807, 2.05) is 31.2 Å². The topological polar surface area (TPSA) is 84.7 Å². The molecule has 1 aliphatic heterocycles. The summed E-state index contributed by atoms with van der Waals surface area (Å²) >= 11 is 0. The van der Waals surface area contributed by atoms with Crippen molar-refractivity contribution in [3.8, 4) is 5.69 Å². The molecule has 1 aromatic heterocycles. The van der Waals surface area contributed by atoms with Crippen molar-refractivity contribution in [3.63, 3.8) is 0 Å². The lowest BCUT2D eigenvalue weighted by atomic mass is 10.2. The van der Waals surface area contributed by atoms with Gasteiger partial charge in [0.15, 0.2) is 6.10 Å². The Bertz CT molecular complexity index is 740. The third kappa shape index (κ3) is 3.09. The van der Waals surface area contributed by atoms with Crippen molar-refractivity contribution in [2.45, 2.75) is 13.0 Å². The molecule has 23 heavy (non-hydrogen) atoms. The molecule has 0 saturated carbocycles. The van der Waals surface area contributed by atoms with Crippen LogP contribution in [0.15, 0.2) is 36.7 Å². The predicted octanol–water partition coefficient (Wildman–Crippen LogP) is 1.11. The number of ether oxygens (including phenoxy) is 1. The van der Waals surface area contributed by atoms with E-state index < -0.39 is 12.1 Å². The van der Waals surface area contributed by atoms with Gasteiger partial charge in [-0.2, -0.15) is 5.10 Å². The van der Waals surface area contributed by atoms with Crippen LogP contribution in [0, 0.1) is 6.92 Å². The van der Waals surface area contributed by atoms with E-state index in [1.54, 1.807) is 10.9 Å². The predicted molar refractivity (Wildman–Crippen MR) is 81.6 cm³/mol. The van der Waals surface area contributed by atoms with Crippen LogP contribution in [-0.4, -0.2) is 57.5 Å². The van der Waals surface area contributed by atoms with Crippen LogP contribution in [0.4, 0.5) is 0 Å². The van der Waals surface area contributed by atoms with E-state index in [0.717, 1.165) is 11.3 Å². The molecule has 3 rings (SSSR count). The smallest absolute Gasteiger partial charge is 0.334 e. The average molecular weight is 315 g/mol. The zero-order chi connectivity index (χ0) is 16.4. The Hall–Kier alpha value is -2.67. The monoisotopic (exact) mass is 315 g/mol. The molecule has 7 heteroatoms. The zero-order valence-corrected chi connectivity index (χ0v) is 12.7. The second kappa shape index (κ2) is 6.21. The highest BCUT2D eigenvalue weighted by Gasteiger charge is 2.30. The first-order chi connectivity index (χ1) is 11.1. The number of aliphatic carboxylic acids is 1. The summed E-state index contributed by atoms with van der Waals surface area (Å²) in [6.07, 6.45) is 2.19. The third-order valence-electron chi connectivity index (χ3n) is 3.82. The average Bonchev–Trinajstić information content (AvgIpc) is 3.04. The molecule has 120 valence electrons. The van der Waals surface area contributed by atoms with Gasteiger partial charge in [-0.05, 0) is 18.6 Å². The third-order valence-corrected chi connectivity index (χ3v) is 3.82. The van der Waals surface area contributed by atoms with E-state index in [1.165, 1.54) is 11.1 Å². The van der Waals surface area contributed by atoms with Crippen molar-refractivity contribution in [2.75, 3.05) is 19.7 Å². The molecule has 0 radical (unpaired) electrons. The summed E-state index contributed by atoms with van der Waals surface area (Å²) in [5, 5.41) is 13.3. The Morgan fingerprint density at radius 1 is 1.35 bits per heavy atom. The van der Waals surface area contributed by atoms with E-state index in [2.05, 4.69) is 5.10 Å². The van der Waals surface area contributed by atoms with Crippen LogP contribution >= 0.6 is 0 Å². The minimum atomic E-state index is -1.06. The van der Waals surface area contributed by atoms with E-state index >= 15 is 0 Å². The molecular weight excluding hydrogens is 298 g/mol. The molecule has 1 unspecified atom stereocenters. The molecule has 0 spiro atoms. The van der Waals surface area contributed by atoms with E-state index in [9.17, 15) is 9.59 Å². The van der Waals surface area contributed by atoms with Gasteiger partial charge in [0.25, 0.3) is 5.91 Å². The summed E-state index contributed by atoms with van der Waals surface area (Å²) in [7, 11) is 0. The number of aromatic nitrogens is 2. The van der Waals surface area contributed by atoms with Crippen molar-refractivity contribution < 1.29 is 19.4 Å². The molecule has 1 N–H and O–H groups in total. The highest BCUT2D eigenvalue weighted by molar-refractivity contribution is 5.94. The van der Waals surface area contributed by atoms with Crippen molar-refractivity contribution >= 4 is 11.9 Å². The highest BCUT2D eigenvalue weighted by Crippen LogP contribution is 2.15. The second-order valence-electron chi connectivity index (χ2n) is 5.41. The number of carboxylic acid groups (broad SMARTS) is 1. The Kier molecular flexibility index (Phi) is 4.12. The molecule has 1 atom stereocenters. The van der Waals surface area contributed by atoms with Gasteiger partial charge in [0.1, 0.15) is 0 Å². The van der Waals surface area contributed by atoms with Crippen LogP contribution < -0.4 is 0 Å². The van der Waals surface area contributed by atoms with Crippen molar-refractivity contribution in [2.24, 2.45) is 0 Å². The Morgan fingerprint density at radius 3 is 2.87 bits per heavy atom. The van der Waals surface area contributed by atoms with E-state index in [-0.39, 0.29) is 19.1 Å². The largest absolute Gasteiger partial charge is 0.479 e. The number of hydrogen-bond acceptors (Lipinski definition) is 4. The lowest BCUT2D eigenvalue weighted by molar-refractivity contribution is -0.154. The maximum Gasteiger partial charge on any atom is 0.334 e. The number of morpholine rings is 1. The number of carbonyl (C=O) groups is 2. The Morgan fingerprint density at radius 2 is 2.13 bits per heavy atom. The standard InChI is InChI=1S/C16H17N3O4/c1-11-4-2-3-5-13(11)19-9-12(8-17-19)15(20)18-6-7-23-14(10-18)16(21)22/h2-5,8-9,14H,6-7,10H2,1H3,(H,21,22). The molecule has 2 aromatic rings. The summed E-state index contributed by atoms with van der Waals surface area (Å²) in [5.41, 5.74) is 2.38. The number of benzene rings is 1. The van der Waals surface area contributed by atoms with Crippen molar-refractivity contribution in [1.29, 1.82) is 0 Å². The van der Waals surface area contributed by atoms with Gasteiger partial charge in [-0.25, -0.2) is 9.48 Å². The second-order valence-corrected chi connectivity index (χ2v) is 5.41. The number of rotatable bonds is 3. The van der Waals surface area contributed by atoms with Gasteiger partial charge in [-0.1, -0.05) is 18.2 Å². The minimum Gasteiger partial charge on any atom is -0.479 e. The normalized spacial score (nSPS) is 18.0. The molecule has 0 aliphatic carbocycles. The fraction of sp³-hybridized carbons (Fsp3) is 0.312. The number of nitrogens with zero attached hydrogens (tertiary/aromatic N) is 3. The van der Waals surface area contributed by atoms with Gasteiger partial charge in [0, 0.05) is 12.7 Å². The summed E-state index contributed by atoms with van der Waals surface area (Å²) in [4.78, 5) is 25.0. The first kappa shape index (κ1) is 15.2. The number of amides is 1. The van der Waals surface area contributed by atoms with Crippen molar-refractivity contribution in [3.05, 3.63) is 47.8 Å². The molecule has 1 fully saturated rings. The van der Waals surface area contributed by atoms with Crippen LogP contribution in [0.3, 0.4) is 0 Å². The lowest BCUT2D eigenvalue weighted by Gasteiger charge is -2.30. The SMILES string of the molecule is Cc1ccccc1-n1cc(C(=O)N2CCOC(C(=O)O)C2)cn1. The maximum atomic E-state index is 12.5. The summed E-state index contributed by atoms with van der Waals surface area (Å²) in [6.45, 7) is 2.61. The summed E-state index contributed by atoms with van der Waals surface area (Å²) in [5.74, 6) is -1.29. The van der Waals surface area contributed by atoms with Gasteiger partial charge in [0.05, 0.1) is 30.6 Å². The molecule has 0 bridgehead atoms. The first-order valence-corrected chi connectivity index (χ1v) is 7.30. The zero-order valence-electron chi connectivity index (χ0n) is 12.7. The van der Waals surface area contributed by atoms with Gasteiger partial charge in [-0.15, -0.1) is 0 Å². The quantitative estimate of drug-likeness (QED) is 0.917. The molecular formula is C16H17N3O4. The molecule has 1 saturated heterocycles. The highest BCUT2D eigenvalue weighted by atomic mass is 16.5. The van der Waals surface area contributed by atoms with Gasteiger partial charge >= 0.3 is 5.97 Å². The van der Waals surface area contributed by atoms with Crippen LogP contribution in [0.25, 0.3) is 5.69 Å². The van der Waals surface area contributed by atoms with E-state index in [0.29, 0.717) is 12.1 Å². The van der Waals surface area contributed by atoms with Gasteiger partial charge in [0.2, 0.25) is 0 Å². The number of aryl methyl sites for hydroxylation is 1. The number of para-hydroxylation sites is 1. The lowest BCUT2D eigenvalue weighted by Crippen LogP contribution is -2.48. The van der Waals surface area contributed by atoms with Gasteiger partial charge < -0.3 is 14.7 Å². The Balaban J connectivity index is 1.79. The fourth-order valence-electron chi connectivity index (χ4n) is 2.55. The Labute approximate surface area is 133 Å². The van der Waals surface area contributed by atoms with Gasteiger partial charge in [-0.3, -0.25) is 4.79 Å². The summed E-state index contributed by atoms with van der Waals surface area (Å²) in [6, 6.07) is 7.74. The summed E-state index contributed by atoms with van der Waals surface area (Å²) < 4.78 is 6.78. The molecule has 1 amide bonds. The van der Waals surface area contributed by atoms with Crippen LogP contribution in [-0.2, 0) is 9.53 Å². The van der Waals surface area contributed by atoms with Crippen LogP contribution in [0.2, 0.25) is 0 Å². The van der Waals surface area contributed by atoms with Crippen LogP contribution in [0.1, 0.15) is 15.9 Å². The van der Waals surface area contributed by atoms with Crippen LogP contribution in [0.5, 0.6) is 0 Å². The minimum absolute atomic E-state index is 0.0453. The number of hydrogen-bond donors (Lipinski definition) is 1. The first-order valence-electron chi connectivity index (χ1n) is 7.30. The molecule has 7 nitrogen and oxygen atoms in total.